The Labute approximate surface area is 234 Å². The highest BCUT2D eigenvalue weighted by Crippen LogP contribution is 2.44. The molecule has 1 aliphatic heterocycles. The molecule has 0 saturated carbocycles. The fraction of sp³-hybridized carbons (Fsp3) is 0.290. The molecule has 5 rings (SSSR count). The second-order valence-electron chi connectivity index (χ2n) is 10.8. The first kappa shape index (κ1) is 27.0. The summed E-state index contributed by atoms with van der Waals surface area (Å²) in [6, 6.07) is 23.6. The van der Waals surface area contributed by atoms with Gasteiger partial charge in [-0.3, -0.25) is 0 Å². The molecule has 0 atom stereocenters. The summed E-state index contributed by atoms with van der Waals surface area (Å²) in [5.41, 5.74) is 5.36. The van der Waals surface area contributed by atoms with Crippen LogP contribution in [-0.4, -0.2) is 37.6 Å². The fourth-order valence-electron chi connectivity index (χ4n) is 4.93. The minimum Gasteiger partial charge on any atom is -0.449 e. The molecule has 198 valence electrons. The molecule has 1 saturated heterocycles. The molecule has 0 spiro atoms. The van der Waals surface area contributed by atoms with Gasteiger partial charge in [0.2, 0.25) is 0 Å². The van der Waals surface area contributed by atoms with E-state index in [0.29, 0.717) is 21.6 Å². The molecular weight excluding hydrogens is 511 g/mol. The third-order valence-electron chi connectivity index (χ3n) is 7.81. The number of nitriles is 1. The molecule has 0 radical (unpaired) electrons. The molecular formula is C31H30BClN2O4. The lowest BCUT2D eigenvalue weighted by Gasteiger charge is -2.32. The van der Waals surface area contributed by atoms with Gasteiger partial charge in [0.05, 0.1) is 22.8 Å². The van der Waals surface area contributed by atoms with Crippen molar-refractivity contribution in [3.63, 3.8) is 0 Å². The molecule has 0 aromatic heterocycles. The number of carbonyl (C=O) groups is 1. The van der Waals surface area contributed by atoms with E-state index in [1.807, 2.05) is 58.0 Å². The Morgan fingerprint density at radius 1 is 1.03 bits per heavy atom. The number of nitrogens with zero attached hydrogens (tertiary/aromatic N) is 1. The SMILES string of the molecule is CC1(C)OB(C(=Cc2ccc(C#N)cc2Cl)CNC(=O)OCC2c3ccccc3-c3ccccc32)OC1(C)C. The van der Waals surface area contributed by atoms with E-state index >= 15 is 0 Å². The van der Waals surface area contributed by atoms with Gasteiger partial charge in [0.1, 0.15) is 6.61 Å². The summed E-state index contributed by atoms with van der Waals surface area (Å²) < 4.78 is 18.2. The zero-order valence-corrected chi connectivity index (χ0v) is 23.2. The summed E-state index contributed by atoms with van der Waals surface area (Å²) in [7, 11) is -0.699. The lowest BCUT2D eigenvalue weighted by atomic mass is 9.77. The lowest BCUT2D eigenvalue weighted by molar-refractivity contribution is 0.00578. The number of halogens is 1. The van der Waals surface area contributed by atoms with Gasteiger partial charge in [0, 0.05) is 17.5 Å². The third-order valence-corrected chi connectivity index (χ3v) is 8.13. The van der Waals surface area contributed by atoms with Crippen LogP contribution in [0.4, 0.5) is 4.79 Å². The van der Waals surface area contributed by atoms with Gasteiger partial charge in [-0.25, -0.2) is 4.79 Å². The van der Waals surface area contributed by atoms with E-state index < -0.39 is 24.4 Å². The summed E-state index contributed by atoms with van der Waals surface area (Å²) >= 11 is 6.45. The first-order valence-electron chi connectivity index (χ1n) is 12.9. The quantitative estimate of drug-likeness (QED) is 0.349. The normalized spacial score (nSPS) is 17.3. The number of benzene rings is 3. The molecule has 1 N–H and O–H groups in total. The number of hydrogen-bond donors (Lipinski definition) is 1. The average Bonchev–Trinajstić information content (AvgIpc) is 3.35. The van der Waals surface area contributed by atoms with E-state index in [1.54, 1.807) is 18.2 Å². The van der Waals surface area contributed by atoms with Crippen LogP contribution in [0.25, 0.3) is 17.2 Å². The molecule has 1 amide bonds. The average molecular weight is 541 g/mol. The van der Waals surface area contributed by atoms with Gasteiger partial charge in [-0.05, 0) is 73.1 Å². The number of ether oxygens (including phenoxy) is 1. The van der Waals surface area contributed by atoms with Gasteiger partial charge >= 0.3 is 13.2 Å². The predicted molar refractivity (Wildman–Crippen MR) is 153 cm³/mol. The van der Waals surface area contributed by atoms with Crippen LogP contribution < -0.4 is 5.32 Å². The maximum Gasteiger partial charge on any atom is 0.492 e. The maximum atomic E-state index is 12.9. The van der Waals surface area contributed by atoms with Crippen molar-refractivity contribution in [3.05, 3.63) is 99.5 Å². The van der Waals surface area contributed by atoms with Crippen LogP contribution in [0, 0.1) is 11.3 Å². The Hall–Kier alpha value is -3.57. The van der Waals surface area contributed by atoms with Gasteiger partial charge in [0.15, 0.2) is 0 Å². The zero-order chi connectivity index (χ0) is 27.8. The second-order valence-corrected chi connectivity index (χ2v) is 11.2. The number of hydrogen-bond acceptors (Lipinski definition) is 5. The number of carbonyl (C=O) groups excluding carboxylic acids is 1. The van der Waals surface area contributed by atoms with Crippen LogP contribution in [0.2, 0.25) is 5.02 Å². The standard InChI is InChI=1S/C31H30BClN2O4/c1-30(2)31(3,4)39-32(38-30)22(16-21-14-13-20(17-34)15-28(21)33)18-35-29(36)37-19-27-25-11-7-5-9-23(25)24-10-6-8-12-26(24)27/h5-16,27H,18-19H2,1-4H3,(H,35,36). The van der Waals surface area contributed by atoms with Crippen molar-refractivity contribution in [2.24, 2.45) is 0 Å². The third kappa shape index (κ3) is 5.33. The second kappa shape index (κ2) is 10.5. The largest absolute Gasteiger partial charge is 0.492 e. The van der Waals surface area contributed by atoms with Crippen molar-refractivity contribution in [2.75, 3.05) is 13.2 Å². The Morgan fingerprint density at radius 2 is 1.62 bits per heavy atom. The van der Waals surface area contributed by atoms with Gasteiger partial charge in [-0.2, -0.15) is 5.26 Å². The highest BCUT2D eigenvalue weighted by Gasteiger charge is 2.52. The van der Waals surface area contributed by atoms with E-state index in [0.717, 1.165) is 11.1 Å². The van der Waals surface area contributed by atoms with Crippen LogP contribution in [0.1, 0.15) is 55.9 Å². The highest BCUT2D eigenvalue weighted by atomic mass is 35.5. The molecule has 3 aromatic carbocycles. The van der Waals surface area contributed by atoms with Gasteiger partial charge < -0.3 is 19.4 Å². The number of amides is 1. The van der Waals surface area contributed by atoms with Crippen molar-refractivity contribution >= 4 is 30.9 Å². The van der Waals surface area contributed by atoms with Crippen LogP contribution in [-0.2, 0) is 14.0 Å². The number of nitrogens with one attached hydrogen (secondary N) is 1. The monoisotopic (exact) mass is 540 g/mol. The summed E-state index contributed by atoms with van der Waals surface area (Å²) in [5.74, 6) is -0.0290. The molecule has 0 bridgehead atoms. The summed E-state index contributed by atoms with van der Waals surface area (Å²) in [6.07, 6.45) is 1.29. The Kier molecular flexibility index (Phi) is 7.30. The molecule has 1 fully saturated rings. The van der Waals surface area contributed by atoms with Gasteiger partial charge in [-0.15, -0.1) is 0 Å². The Balaban J connectivity index is 1.32. The van der Waals surface area contributed by atoms with Crippen LogP contribution >= 0.6 is 11.6 Å². The molecule has 6 nitrogen and oxygen atoms in total. The first-order valence-corrected chi connectivity index (χ1v) is 13.3. The maximum absolute atomic E-state index is 12.9. The Bertz CT molecular complexity index is 1430. The minimum absolute atomic E-state index is 0.0290. The molecule has 8 heteroatoms. The van der Waals surface area contributed by atoms with E-state index in [1.165, 1.54) is 11.1 Å². The van der Waals surface area contributed by atoms with Crippen molar-refractivity contribution < 1.29 is 18.8 Å². The van der Waals surface area contributed by atoms with Crippen LogP contribution in [0.15, 0.2) is 72.2 Å². The van der Waals surface area contributed by atoms with E-state index in [-0.39, 0.29) is 19.1 Å². The van der Waals surface area contributed by atoms with Gasteiger partial charge in [-0.1, -0.05) is 72.3 Å². The van der Waals surface area contributed by atoms with Crippen molar-refractivity contribution in [3.8, 4) is 17.2 Å². The van der Waals surface area contributed by atoms with Crippen molar-refractivity contribution in [1.82, 2.24) is 5.32 Å². The van der Waals surface area contributed by atoms with Crippen molar-refractivity contribution in [2.45, 2.75) is 44.8 Å². The highest BCUT2D eigenvalue weighted by molar-refractivity contribution is 6.56. The summed E-state index contributed by atoms with van der Waals surface area (Å²) in [6.45, 7) is 8.23. The zero-order valence-electron chi connectivity index (χ0n) is 22.5. The smallest absolute Gasteiger partial charge is 0.449 e. The molecule has 1 aliphatic carbocycles. The van der Waals surface area contributed by atoms with Gasteiger partial charge in [0.25, 0.3) is 0 Å². The first-order chi connectivity index (χ1) is 18.6. The topological polar surface area (TPSA) is 80.6 Å². The van der Waals surface area contributed by atoms with E-state index in [4.69, 9.17) is 25.6 Å². The predicted octanol–water partition coefficient (Wildman–Crippen LogP) is 6.77. The van der Waals surface area contributed by atoms with Crippen LogP contribution in [0.3, 0.4) is 0 Å². The molecule has 39 heavy (non-hydrogen) atoms. The number of rotatable bonds is 6. The van der Waals surface area contributed by atoms with Crippen LogP contribution in [0.5, 0.6) is 0 Å². The Morgan fingerprint density at radius 3 is 2.18 bits per heavy atom. The number of fused-ring (bicyclic) bond motifs is 3. The minimum atomic E-state index is -0.699. The lowest BCUT2D eigenvalue weighted by Crippen LogP contribution is -2.41. The fourth-order valence-corrected chi connectivity index (χ4v) is 5.17. The molecule has 1 heterocycles. The van der Waals surface area contributed by atoms with E-state index in [9.17, 15) is 10.1 Å². The summed E-state index contributed by atoms with van der Waals surface area (Å²) in [4.78, 5) is 12.9. The molecule has 0 unspecified atom stereocenters. The van der Waals surface area contributed by atoms with E-state index in [2.05, 4.69) is 35.7 Å². The number of alkyl carbamates (subject to hydrolysis) is 1. The summed E-state index contributed by atoms with van der Waals surface area (Å²) in [5, 5.41) is 12.5. The van der Waals surface area contributed by atoms with Crippen molar-refractivity contribution in [1.29, 1.82) is 5.26 Å². The molecule has 3 aromatic rings. The molecule has 2 aliphatic rings.